The lowest BCUT2D eigenvalue weighted by molar-refractivity contribution is 0.292. The molecular formula is C16H18BrFN4O. The quantitative estimate of drug-likeness (QED) is 0.637. The van der Waals surface area contributed by atoms with Crippen LogP contribution in [0.1, 0.15) is 30.9 Å². The Morgan fingerprint density at radius 2 is 2.09 bits per heavy atom. The molecule has 0 atom stereocenters. The van der Waals surface area contributed by atoms with Gasteiger partial charge in [-0.25, -0.2) is 9.37 Å². The summed E-state index contributed by atoms with van der Waals surface area (Å²) in [5, 5.41) is 15.2. The van der Waals surface area contributed by atoms with E-state index in [1.54, 1.807) is 6.07 Å². The maximum absolute atomic E-state index is 13.2. The third kappa shape index (κ3) is 4.39. The minimum Gasteiger partial charge on any atom is -0.396 e. The standard InChI is InChI=1S/C16H18BrFN4O/c17-12-8-11(18)4-5-13(12)20-15-9-14(10-2-3-10)21-16(22-15)19-6-1-7-23/h4-5,8-10,23H,1-3,6-7H2,(H2,19,20,21,22). The first kappa shape index (κ1) is 16.1. The molecule has 23 heavy (non-hydrogen) atoms. The summed E-state index contributed by atoms with van der Waals surface area (Å²) in [6.45, 7) is 0.743. The second-order valence-electron chi connectivity index (χ2n) is 5.53. The lowest BCUT2D eigenvalue weighted by Crippen LogP contribution is -2.09. The highest BCUT2D eigenvalue weighted by molar-refractivity contribution is 9.10. The molecule has 0 spiro atoms. The monoisotopic (exact) mass is 380 g/mol. The van der Waals surface area contributed by atoms with Crippen LogP contribution in [0, 0.1) is 5.82 Å². The highest BCUT2D eigenvalue weighted by Gasteiger charge is 2.26. The first-order valence-electron chi connectivity index (χ1n) is 7.61. The number of benzene rings is 1. The Balaban J connectivity index is 1.82. The molecule has 1 saturated carbocycles. The van der Waals surface area contributed by atoms with Crippen molar-refractivity contribution in [1.82, 2.24) is 9.97 Å². The molecule has 1 aromatic heterocycles. The van der Waals surface area contributed by atoms with Gasteiger partial charge in [-0.3, -0.25) is 0 Å². The number of anilines is 3. The van der Waals surface area contributed by atoms with E-state index in [-0.39, 0.29) is 12.4 Å². The molecule has 3 rings (SSSR count). The zero-order chi connectivity index (χ0) is 16.2. The first-order valence-corrected chi connectivity index (χ1v) is 8.41. The Kier molecular flexibility index (Phi) is 5.07. The summed E-state index contributed by atoms with van der Waals surface area (Å²) in [5.41, 5.74) is 1.75. The van der Waals surface area contributed by atoms with E-state index < -0.39 is 0 Å². The van der Waals surface area contributed by atoms with Crippen LogP contribution < -0.4 is 10.6 Å². The van der Waals surface area contributed by atoms with Crippen LogP contribution >= 0.6 is 15.9 Å². The second kappa shape index (κ2) is 7.23. The van der Waals surface area contributed by atoms with Gasteiger partial charge in [0, 0.05) is 29.6 Å². The predicted molar refractivity (Wildman–Crippen MR) is 91.6 cm³/mol. The zero-order valence-electron chi connectivity index (χ0n) is 12.5. The summed E-state index contributed by atoms with van der Waals surface area (Å²) >= 11 is 3.34. The molecule has 0 bridgehead atoms. The van der Waals surface area contributed by atoms with Crippen molar-refractivity contribution in [2.24, 2.45) is 0 Å². The molecule has 0 unspecified atom stereocenters. The average molecular weight is 381 g/mol. The molecule has 1 fully saturated rings. The van der Waals surface area contributed by atoms with E-state index in [0.717, 1.165) is 24.2 Å². The van der Waals surface area contributed by atoms with E-state index in [9.17, 15) is 4.39 Å². The van der Waals surface area contributed by atoms with E-state index in [1.165, 1.54) is 12.1 Å². The Morgan fingerprint density at radius 3 is 2.78 bits per heavy atom. The van der Waals surface area contributed by atoms with Crippen molar-refractivity contribution in [3.63, 3.8) is 0 Å². The summed E-state index contributed by atoms with van der Waals surface area (Å²) in [4.78, 5) is 8.97. The maximum Gasteiger partial charge on any atom is 0.224 e. The van der Waals surface area contributed by atoms with Crippen LogP contribution in [0.5, 0.6) is 0 Å². The van der Waals surface area contributed by atoms with Crippen LogP contribution in [0.25, 0.3) is 0 Å². The zero-order valence-corrected chi connectivity index (χ0v) is 14.1. The van der Waals surface area contributed by atoms with Crippen molar-refractivity contribution in [1.29, 1.82) is 0 Å². The minimum atomic E-state index is -0.296. The van der Waals surface area contributed by atoms with E-state index in [2.05, 4.69) is 36.5 Å². The highest BCUT2D eigenvalue weighted by atomic mass is 79.9. The lowest BCUT2D eigenvalue weighted by atomic mass is 10.2. The molecule has 3 N–H and O–H groups in total. The van der Waals surface area contributed by atoms with Crippen molar-refractivity contribution in [3.8, 4) is 0 Å². The number of nitrogens with one attached hydrogen (secondary N) is 2. The van der Waals surface area contributed by atoms with Gasteiger partial charge in [-0.05, 0) is 53.4 Å². The largest absolute Gasteiger partial charge is 0.396 e. The molecule has 2 aromatic rings. The Labute approximate surface area is 142 Å². The Bertz CT molecular complexity index is 694. The van der Waals surface area contributed by atoms with Gasteiger partial charge in [0.05, 0.1) is 11.4 Å². The smallest absolute Gasteiger partial charge is 0.224 e. The normalized spacial score (nSPS) is 13.9. The molecule has 5 nitrogen and oxygen atoms in total. The number of aromatic nitrogens is 2. The van der Waals surface area contributed by atoms with E-state index >= 15 is 0 Å². The molecule has 122 valence electrons. The molecule has 7 heteroatoms. The van der Waals surface area contributed by atoms with Crippen LogP contribution in [-0.4, -0.2) is 28.2 Å². The maximum atomic E-state index is 13.2. The summed E-state index contributed by atoms with van der Waals surface area (Å²) in [5.74, 6) is 1.41. The van der Waals surface area contributed by atoms with Crippen LogP contribution in [0.3, 0.4) is 0 Å². The minimum absolute atomic E-state index is 0.128. The second-order valence-corrected chi connectivity index (χ2v) is 6.38. The molecule has 0 aliphatic heterocycles. The van der Waals surface area contributed by atoms with Crippen molar-refractivity contribution in [2.75, 3.05) is 23.8 Å². The lowest BCUT2D eigenvalue weighted by Gasteiger charge is -2.12. The van der Waals surface area contributed by atoms with E-state index in [1.807, 2.05) is 6.07 Å². The number of aliphatic hydroxyl groups excluding tert-OH is 1. The number of rotatable bonds is 7. The van der Waals surface area contributed by atoms with Gasteiger partial charge < -0.3 is 15.7 Å². The van der Waals surface area contributed by atoms with E-state index in [0.29, 0.717) is 35.1 Å². The van der Waals surface area contributed by atoms with Gasteiger partial charge in [0.1, 0.15) is 11.6 Å². The predicted octanol–water partition coefficient (Wildman–Crippen LogP) is 3.79. The summed E-state index contributed by atoms with van der Waals surface area (Å²) in [6, 6.07) is 6.41. The number of nitrogens with zero attached hydrogens (tertiary/aromatic N) is 2. The van der Waals surface area contributed by atoms with Crippen LogP contribution in [-0.2, 0) is 0 Å². The molecule has 1 aliphatic carbocycles. The fraction of sp³-hybridized carbons (Fsp3) is 0.375. The third-order valence-electron chi connectivity index (χ3n) is 3.55. The topological polar surface area (TPSA) is 70.1 Å². The molecule has 1 aliphatic rings. The molecular weight excluding hydrogens is 363 g/mol. The fourth-order valence-corrected chi connectivity index (χ4v) is 2.66. The van der Waals surface area contributed by atoms with Crippen molar-refractivity contribution in [2.45, 2.75) is 25.2 Å². The molecule has 0 saturated heterocycles. The van der Waals surface area contributed by atoms with Crippen LogP contribution in [0.15, 0.2) is 28.7 Å². The molecule has 0 radical (unpaired) electrons. The summed E-state index contributed by atoms with van der Waals surface area (Å²) in [6.07, 6.45) is 2.93. The third-order valence-corrected chi connectivity index (χ3v) is 4.21. The van der Waals surface area contributed by atoms with Gasteiger partial charge in [0.2, 0.25) is 5.95 Å². The first-order chi connectivity index (χ1) is 11.2. The molecule has 1 aromatic carbocycles. The number of aliphatic hydroxyl groups is 1. The van der Waals surface area contributed by atoms with Crippen LogP contribution in [0.2, 0.25) is 0 Å². The Hall–Kier alpha value is -1.73. The van der Waals surface area contributed by atoms with E-state index in [4.69, 9.17) is 5.11 Å². The highest BCUT2D eigenvalue weighted by Crippen LogP contribution is 2.40. The van der Waals surface area contributed by atoms with Gasteiger partial charge >= 0.3 is 0 Å². The number of hydrogen-bond acceptors (Lipinski definition) is 5. The van der Waals surface area contributed by atoms with Crippen molar-refractivity contribution in [3.05, 3.63) is 40.2 Å². The van der Waals surface area contributed by atoms with Gasteiger partial charge in [-0.2, -0.15) is 4.98 Å². The Morgan fingerprint density at radius 1 is 1.26 bits per heavy atom. The fourth-order valence-electron chi connectivity index (χ4n) is 2.21. The molecule has 1 heterocycles. The average Bonchev–Trinajstić information content (AvgIpc) is 3.35. The number of hydrogen-bond donors (Lipinski definition) is 3. The molecule has 0 amide bonds. The van der Waals surface area contributed by atoms with Gasteiger partial charge in [-0.1, -0.05) is 0 Å². The van der Waals surface area contributed by atoms with Gasteiger partial charge in [0.15, 0.2) is 0 Å². The summed E-state index contributed by atoms with van der Waals surface area (Å²) < 4.78 is 13.8. The van der Waals surface area contributed by atoms with Crippen molar-refractivity contribution < 1.29 is 9.50 Å². The number of halogens is 2. The van der Waals surface area contributed by atoms with Gasteiger partial charge in [0.25, 0.3) is 0 Å². The van der Waals surface area contributed by atoms with Crippen LogP contribution in [0.4, 0.5) is 21.8 Å². The SMILES string of the molecule is OCCCNc1nc(Nc2ccc(F)cc2Br)cc(C2CC2)n1. The summed E-state index contributed by atoms with van der Waals surface area (Å²) in [7, 11) is 0. The van der Waals surface area contributed by atoms with Gasteiger partial charge in [-0.15, -0.1) is 0 Å². The van der Waals surface area contributed by atoms with Crippen molar-refractivity contribution >= 4 is 33.4 Å².